The van der Waals surface area contributed by atoms with Crippen LogP contribution < -0.4 is 26.1 Å². The van der Waals surface area contributed by atoms with Gasteiger partial charge in [0, 0.05) is 70.7 Å². The highest BCUT2D eigenvalue weighted by Gasteiger charge is 2.40. The zero-order valence-electron chi connectivity index (χ0n) is 35.8. The van der Waals surface area contributed by atoms with Crippen molar-refractivity contribution in [2.24, 2.45) is 7.05 Å². The maximum absolute atomic E-state index is 14.4. The first-order valence-electron chi connectivity index (χ1n) is 22.8. The Labute approximate surface area is 367 Å². The second-order valence-corrected chi connectivity index (χ2v) is 18.3. The molecule has 338 valence electrons. The summed E-state index contributed by atoms with van der Waals surface area (Å²) in [6, 6.07) is 8.13. The van der Waals surface area contributed by atoms with Gasteiger partial charge in [-0.15, -0.1) is 0 Å². The number of nitrogens with one attached hydrogen (secondary N) is 2. The van der Waals surface area contributed by atoms with Crippen molar-refractivity contribution >= 4 is 51.6 Å². The second-order valence-electron chi connectivity index (χ2n) is 18.3. The monoisotopic (exact) mass is 881 g/mol. The summed E-state index contributed by atoms with van der Waals surface area (Å²) in [4.78, 5) is 66.1. The number of aromatic nitrogens is 7. The molecule has 3 atom stereocenters. The zero-order chi connectivity index (χ0) is 43.8. The van der Waals surface area contributed by atoms with E-state index in [1.54, 1.807) is 33.3 Å². The Morgan fingerprint density at radius 2 is 1.66 bits per heavy atom. The van der Waals surface area contributed by atoms with E-state index in [2.05, 4.69) is 40.4 Å². The number of morpholine rings is 1. The van der Waals surface area contributed by atoms with E-state index in [1.807, 2.05) is 24.3 Å². The Bertz CT molecular complexity index is 2670. The van der Waals surface area contributed by atoms with Gasteiger partial charge in [-0.2, -0.15) is 10.2 Å². The number of aryl methyl sites for hydroxylation is 1. The summed E-state index contributed by atoms with van der Waals surface area (Å²) < 4.78 is 40.8. The molecular weight excluding hydrogens is 829 g/mol. The summed E-state index contributed by atoms with van der Waals surface area (Å²) in [6.45, 7) is 6.87. The number of nitrogens with zero attached hydrogens (tertiary/aromatic N) is 11. The van der Waals surface area contributed by atoms with Crippen LogP contribution in [0.25, 0.3) is 16.7 Å². The van der Waals surface area contributed by atoms with E-state index in [-0.39, 0.29) is 47.5 Å². The van der Waals surface area contributed by atoms with Crippen LogP contribution in [0.5, 0.6) is 0 Å². The normalized spacial score (nSPS) is 26.2. The molecule has 1 saturated carbocycles. The van der Waals surface area contributed by atoms with Crippen LogP contribution >= 0.6 is 0 Å². The van der Waals surface area contributed by atoms with E-state index in [4.69, 9.17) is 9.72 Å². The largest absolute Gasteiger partial charge is 0.374 e. The molecule has 18 nitrogen and oxygen atoms in total. The SMILES string of the molecule is Cn1c(=O)n(C2CCC(=O)NC2=O)c2cccc(N3CCN(C4CCN(C5CCC(n6cc(NC(=O)c7cnn8ccc(N9C[C@H]%10C[C@@H]9CO%10)nc78)c(C(F)F)n6)CC5)CC4)CC3)c21. The Kier molecular flexibility index (Phi) is 10.5. The van der Waals surface area contributed by atoms with Crippen LogP contribution in [0.4, 0.5) is 26.0 Å². The third-order valence-corrected chi connectivity index (χ3v) is 14.8. The van der Waals surface area contributed by atoms with Crippen LogP contribution in [-0.2, 0) is 21.4 Å². The lowest BCUT2D eigenvalue weighted by Crippen LogP contribution is -2.54. The number of hydrogen-bond donors (Lipinski definition) is 2. The van der Waals surface area contributed by atoms with Crippen LogP contribution in [0.15, 0.2) is 47.7 Å². The van der Waals surface area contributed by atoms with Crippen molar-refractivity contribution in [3.05, 3.63) is 64.6 Å². The molecule has 9 heterocycles. The number of halogens is 2. The number of imide groups is 1. The van der Waals surface area contributed by atoms with Crippen molar-refractivity contribution in [2.45, 2.75) is 101 Å². The summed E-state index contributed by atoms with van der Waals surface area (Å²) in [5.41, 5.74) is 2.33. The molecule has 5 saturated heterocycles. The van der Waals surface area contributed by atoms with Gasteiger partial charge in [0.05, 0.1) is 53.4 Å². The van der Waals surface area contributed by atoms with Crippen molar-refractivity contribution in [3.63, 3.8) is 0 Å². The van der Waals surface area contributed by atoms with Gasteiger partial charge >= 0.3 is 5.69 Å². The highest BCUT2D eigenvalue weighted by Crippen LogP contribution is 2.37. The van der Waals surface area contributed by atoms with Gasteiger partial charge in [0.1, 0.15) is 17.4 Å². The van der Waals surface area contributed by atoms with E-state index < -0.39 is 30.0 Å². The number of hydrogen-bond acceptors (Lipinski definition) is 12. The Balaban J connectivity index is 0.682. The number of anilines is 3. The van der Waals surface area contributed by atoms with E-state index in [9.17, 15) is 28.0 Å². The fourth-order valence-corrected chi connectivity index (χ4v) is 11.4. The number of amides is 3. The van der Waals surface area contributed by atoms with E-state index in [1.165, 1.54) is 10.7 Å². The second kappa shape index (κ2) is 16.4. The van der Waals surface area contributed by atoms with Crippen LogP contribution in [-0.4, -0.2) is 138 Å². The summed E-state index contributed by atoms with van der Waals surface area (Å²) in [6.07, 6.45) is 9.17. The number of rotatable bonds is 9. The number of piperazine rings is 1. The zero-order valence-corrected chi connectivity index (χ0v) is 35.8. The molecule has 5 aromatic rings. The van der Waals surface area contributed by atoms with Crippen molar-refractivity contribution in [2.75, 3.05) is 67.5 Å². The predicted molar refractivity (Wildman–Crippen MR) is 232 cm³/mol. The predicted octanol–water partition coefficient (Wildman–Crippen LogP) is 3.49. The third kappa shape index (κ3) is 7.22. The van der Waals surface area contributed by atoms with Crippen molar-refractivity contribution < 1.29 is 27.9 Å². The molecule has 2 N–H and O–H groups in total. The molecule has 5 aliphatic heterocycles. The molecule has 4 aromatic heterocycles. The smallest absolute Gasteiger partial charge is 0.329 e. The number of benzene rings is 1. The lowest BCUT2D eigenvalue weighted by atomic mass is 9.88. The first-order chi connectivity index (χ1) is 31.1. The molecule has 11 rings (SSSR count). The van der Waals surface area contributed by atoms with E-state index >= 15 is 0 Å². The standard InChI is InChI=1S/C44H53F2N13O5/c1-52-39-33(3-2-4-34(39)59(44(52)63)35-9-10-37(60)50-43(35)62)55-19-17-54(18-20-55)27-11-14-53(15-12-27)26-5-7-28(8-6-26)58-24-32(38(51-58)40(45)46)48-42(61)31-22-47-57-16-13-36(49-41(31)57)56-23-30-21-29(56)25-64-30/h2-4,13,16,22,24,26-30,35,40H,5-12,14-15,17-21,23,25H2,1H3,(H,48,61)(H,50,60,62)/t26?,28?,29-,30-,35?/m1/s1. The van der Waals surface area contributed by atoms with Gasteiger partial charge in [-0.1, -0.05) is 6.07 Å². The number of carbonyl (C=O) groups is 3. The van der Waals surface area contributed by atoms with Crippen LogP contribution in [0.2, 0.25) is 0 Å². The number of piperidine rings is 2. The number of fused-ring (bicyclic) bond motifs is 4. The van der Waals surface area contributed by atoms with Crippen molar-refractivity contribution in [1.29, 1.82) is 0 Å². The molecule has 3 amide bonds. The Hall–Kier alpha value is -5.73. The highest BCUT2D eigenvalue weighted by atomic mass is 19.3. The van der Waals surface area contributed by atoms with Crippen LogP contribution in [0, 0.1) is 0 Å². The van der Waals surface area contributed by atoms with Gasteiger partial charge in [0.25, 0.3) is 12.3 Å². The number of imidazole rings is 1. The molecule has 0 spiro atoms. The molecule has 20 heteroatoms. The number of carbonyl (C=O) groups excluding carboxylic acids is 3. The number of ether oxygens (including phenoxy) is 1. The number of likely N-dealkylation sites (tertiary alicyclic amines) is 1. The average molecular weight is 882 g/mol. The fraction of sp³-hybridized carbons (Fsp3) is 0.568. The van der Waals surface area contributed by atoms with Gasteiger partial charge in [-0.05, 0) is 82.7 Å². The molecule has 1 aliphatic carbocycles. The molecule has 1 unspecified atom stereocenters. The molecule has 0 radical (unpaired) electrons. The van der Waals surface area contributed by atoms with Gasteiger partial charge < -0.3 is 24.8 Å². The Morgan fingerprint density at radius 1 is 0.906 bits per heavy atom. The van der Waals surface area contributed by atoms with E-state index in [0.29, 0.717) is 36.3 Å². The summed E-state index contributed by atoms with van der Waals surface area (Å²) in [5, 5.41) is 13.7. The van der Waals surface area contributed by atoms with E-state index in [0.717, 1.165) is 108 Å². The first kappa shape index (κ1) is 41.0. The van der Waals surface area contributed by atoms with Gasteiger partial charge in [0.2, 0.25) is 11.8 Å². The minimum atomic E-state index is -2.86. The molecule has 2 bridgehead atoms. The fourth-order valence-electron chi connectivity index (χ4n) is 11.4. The average Bonchev–Trinajstić information content (AvgIpc) is 4.17. The molecule has 6 fully saturated rings. The minimum absolute atomic E-state index is 0.000995. The topological polar surface area (TPSA) is 172 Å². The molecular formula is C44H53F2N13O5. The third-order valence-electron chi connectivity index (χ3n) is 14.8. The molecule has 6 aliphatic rings. The highest BCUT2D eigenvalue weighted by molar-refractivity contribution is 6.08. The Morgan fingerprint density at radius 3 is 2.38 bits per heavy atom. The lowest BCUT2D eigenvalue weighted by Gasteiger charge is -2.46. The van der Waals surface area contributed by atoms with Gasteiger partial charge in [-0.3, -0.25) is 38.4 Å². The van der Waals surface area contributed by atoms with Crippen molar-refractivity contribution in [1.82, 2.24) is 48.6 Å². The van der Waals surface area contributed by atoms with Crippen LogP contribution in [0.1, 0.15) is 92.3 Å². The summed E-state index contributed by atoms with van der Waals surface area (Å²) in [7, 11) is 1.75. The number of para-hydroxylation sites is 1. The molecule has 64 heavy (non-hydrogen) atoms. The lowest BCUT2D eigenvalue weighted by molar-refractivity contribution is -0.135. The summed E-state index contributed by atoms with van der Waals surface area (Å²) >= 11 is 0. The van der Waals surface area contributed by atoms with Crippen molar-refractivity contribution in [3.8, 4) is 0 Å². The maximum atomic E-state index is 14.4. The quantitative estimate of drug-likeness (QED) is 0.207. The minimum Gasteiger partial charge on any atom is -0.374 e. The first-order valence-corrected chi connectivity index (χ1v) is 22.8. The van der Waals surface area contributed by atoms with Gasteiger partial charge in [-0.25, -0.2) is 23.1 Å². The van der Waals surface area contributed by atoms with Gasteiger partial charge in [0.15, 0.2) is 11.3 Å². The summed E-state index contributed by atoms with van der Waals surface area (Å²) in [5.74, 6) is -0.573. The van der Waals surface area contributed by atoms with Crippen LogP contribution in [0.3, 0.4) is 0 Å². The molecule has 1 aromatic carbocycles. The maximum Gasteiger partial charge on any atom is 0.329 e. The number of alkyl halides is 2.